The van der Waals surface area contributed by atoms with Crippen LogP contribution in [-0.4, -0.2) is 72.3 Å². The van der Waals surface area contributed by atoms with Crippen LogP contribution in [0.15, 0.2) is 0 Å². The Labute approximate surface area is 172 Å². The number of thiophene rings is 1. The fourth-order valence-electron chi connectivity index (χ4n) is 4.52. The fraction of sp³-hybridized carbons (Fsp3) is 0.714. The highest BCUT2D eigenvalue weighted by molar-refractivity contribution is 7.18. The molecule has 6 nitrogen and oxygen atoms in total. The van der Waals surface area contributed by atoms with Crippen LogP contribution < -0.4 is 5.32 Å². The molecule has 0 aromatic carbocycles. The van der Waals surface area contributed by atoms with Gasteiger partial charge in [-0.3, -0.25) is 4.90 Å². The van der Waals surface area contributed by atoms with E-state index in [0.717, 1.165) is 55.9 Å². The number of hydrogen-bond donors (Lipinski definition) is 1. The Morgan fingerprint density at radius 3 is 2.54 bits per heavy atom. The lowest BCUT2D eigenvalue weighted by Crippen LogP contribution is -2.47. The Hall–Kier alpha value is -1.28. The number of aromatic nitrogens is 2. The molecule has 0 amide bonds. The van der Waals surface area contributed by atoms with Gasteiger partial charge in [-0.25, -0.2) is 9.97 Å². The third kappa shape index (κ3) is 3.90. The van der Waals surface area contributed by atoms with Crippen molar-refractivity contribution in [3.05, 3.63) is 16.3 Å². The SMILES string of the molecule is Cc1sc2nc(CN3CCOCC3)nc(NCC3(N(C)C)CCCC3)c2c1C. The van der Waals surface area contributed by atoms with E-state index >= 15 is 0 Å². The van der Waals surface area contributed by atoms with Gasteiger partial charge in [-0.2, -0.15) is 0 Å². The highest BCUT2D eigenvalue weighted by Gasteiger charge is 2.36. The van der Waals surface area contributed by atoms with Crippen molar-refractivity contribution in [2.45, 2.75) is 51.6 Å². The quantitative estimate of drug-likeness (QED) is 0.798. The summed E-state index contributed by atoms with van der Waals surface area (Å²) in [5.41, 5.74) is 1.55. The number of nitrogens with one attached hydrogen (secondary N) is 1. The first kappa shape index (κ1) is 20.0. The van der Waals surface area contributed by atoms with Crippen LogP contribution in [0.4, 0.5) is 5.82 Å². The van der Waals surface area contributed by atoms with Gasteiger partial charge in [-0.05, 0) is 46.3 Å². The lowest BCUT2D eigenvalue weighted by atomic mass is 9.96. The molecule has 0 radical (unpaired) electrons. The Kier molecular flexibility index (Phi) is 5.88. The average molecular weight is 404 g/mol. The molecule has 7 heteroatoms. The van der Waals surface area contributed by atoms with Crippen molar-refractivity contribution in [3.63, 3.8) is 0 Å². The molecule has 2 aliphatic rings. The van der Waals surface area contributed by atoms with Crippen LogP contribution in [0.5, 0.6) is 0 Å². The van der Waals surface area contributed by atoms with E-state index < -0.39 is 0 Å². The molecule has 3 heterocycles. The first-order valence-corrected chi connectivity index (χ1v) is 11.3. The largest absolute Gasteiger partial charge is 0.379 e. The smallest absolute Gasteiger partial charge is 0.146 e. The maximum atomic E-state index is 5.48. The van der Waals surface area contributed by atoms with E-state index in [-0.39, 0.29) is 5.54 Å². The molecule has 0 spiro atoms. The molecule has 4 rings (SSSR count). The van der Waals surface area contributed by atoms with Gasteiger partial charge in [0.2, 0.25) is 0 Å². The number of nitrogens with zero attached hydrogens (tertiary/aromatic N) is 4. The van der Waals surface area contributed by atoms with E-state index in [0.29, 0.717) is 0 Å². The lowest BCUT2D eigenvalue weighted by molar-refractivity contribution is 0.0331. The summed E-state index contributed by atoms with van der Waals surface area (Å²) in [6.45, 7) is 9.63. The van der Waals surface area contributed by atoms with Crippen LogP contribution in [0.2, 0.25) is 0 Å². The van der Waals surface area contributed by atoms with Crippen molar-refractivity contribution >= 4 is 27.4 Å². The molecule has 1 N–H and O–H groups in total. The normalized spacial score (nSPS) is 20.3. The van der Waals surface area contributed by atoms with Gasteiger partial charge in [0.1, 0.15) is 16.5 Å². The number of ether oxygens (including phenoxy) is 1. The number of likely N-dealkylation sites (N-methyl/N-ethyl adjacent to an activating group) is 1. The van der Waals surface area contributed by atoms with Crippen molar-refractivity contribution in [2.75, 3.05) is 52.3 Å². The van der Waals surface area contributed by atoms with Gasteiger partial charge in [0.25, 0.3) is 0 Å². The minimum Gasteiger partial charge on any atom is -0.379 e. The summed E-state index contributed by atoms with van der Waals surface area (Å²) in [4.78, 5) is 17.2. The van der Waals surface area contributed by atoms with Crippen LogP contribution in [0.1, 0.15) is 41.9 Å². The molecule has 0 bridgehead atoms. The summed E-state index contributed by atoms with van der Waals surface area (Å²) in [5, 5.41) is 4.96. The van der Waals surface area contributed by atoms with E-state index in [1.807, 2.05) is 0 Å². The van der Waals surface area contributed by atoms with Crippen molar-refractivity contribution in [3.8, 4) is 0 Å². The number of rotatable bonds is 6. The highest BCUT2D eigenvalue weighted by atomic mass is 32.1. The molecular formula is C21H33N5OS. The molecule has 0 atom stereocenters. The minimum atomic E-state index is 0.237. The fourth-order valence-corrected chi connectivity index (χ4v) is 5.56. The zero-order valence-corrected chi connectivity index (χ0v) is 18.5. The number of morpholine rings is 1. The second-order valence-electron chi connectivity index (χ2n) is 8.52. The number of fused-ring (bicyclic) bond motifs is 1. The van der Waals surface area contributed by atoms with Crippen LogP contribution in [0.25, 0.3) is 10.2 Å². The van der Waals surface area contributed by atoms with Crippen molar-refractivity contribution in [2.24, 2.45) is 0 Å². The van der Waals surface area contributed by atoms with Crippen LogP contribution >= 0.6 is 11.3 Å². The summed E-state index contributed by atoms with van der Waals surface area (Å²) in [7, 11) is 4.43. The summed E-state index contributed by atoms with van der Waals surface area (Å²) < 4.78 is 5.48. The van der Waals surface area contributed by atoms with Crippen LogP contribution in [0.3, 0.4) is 0 Å². The number of hydrogen-bond acceptors (Lipinski definition) is 7. The first-order chi connectivity index (χ1) is 13.5. The molecule has 0 unspecified atom stereocenters. The molecule has 2 fully saturated rings. The topological polar surface area (TPSA) is 53.5 Å². The van der Waals surface area contributed by atoms with E-state index in [1.54, 1.807) is 11.3 Å². The summed E-state index contributed by atoms with van der Waals surface area (Å²) in [5.74, 6) is 1.94. The molecule has 28 heavy (non-hydrogen) atoms. The van der Waals surface area contributed by atoms with Gasteiger partial charge in [-0.1, -0.05) is 12.8 Å². The molecule has 2 aromatic rings. The first-order valence-electron chi connectivity index (χ1n) is 10.5. The van der Waals surface area contributed by atoms with Crippen LogP contribution in [0, 0.1) is 13.8 Å². The van der Waals surface area contributed by atoms with E-state index in [4.69, 9.17) is 14.7 Å². The molecule has 1 saturated heterocycles. The number of aryl methyl sites for hydroxylation is 2. The standard InChI is InChI=1S/C21H33N5OS/c1-15-16(2)28-20-18(15)19(22-14-21(25(3)4)7-5-6-8-21)23-17(24-20)13-26-9-11-27-12-10-26/h5-14H2,1-4H3,(H,22,23,24). The lowest BCUT2D eigenvalue weighted by Gasteiger charge is -2.36. The Morgan fingerprint density at radius 2 is 1.86 bits per heavy atom. The third-order valence-electron chi connectivity index (χ3n) is 6.61. The monoisotopic (exact) mass is 403 g/mol. The Balaban J connectivity index is 1.62. The second kappa shape index (κ2) is 8.22. The number of anilines is 1. The summed E-state index contributed by atoms with van der Waals surface area (Å²) >= 11 is 1.79. The van der Waals surface area contributed by atoms with Crippen molar-refractivity contribution < 1.29 is 4.74 Å². The van der Waals surface area contributed by atoms with E-state index in [2.05, 4.69) is 43.1 Å². The predicted molar refractivity (Wildman–Crippen MR) is 116 cm³/mol. The van der Waals surface area contributed by atoms with Crippen LogP contribution in [-0.2, 0) is 11.3 Å². The average Bonchev–Trinajstić information content (AvgIpc) is 3.27. The van der Waals surface area contributed by atoms with E-state index in [9.17, 15) is 0 Å². The molecular weight excluding hydrogens is 370 g/mol. The zero-order valence-electron chi connectivity index (χ0n) is 17.7. The zero-order chi connectivity index (χ0) is 19.7. The van der Waals surface area contributed by atoms with Gasteiger partial charge in [0.15, 0.2) is 0 Å². The van der Waals surface area contributed by atoms with Gasteiger partial charge in [-0.15, -0.1) is 11.3 Å². The third-order valence-corrected chi connectivity index (χ3v) is 7.71. The minimum absolute atomic E-state index is 0.237. The van der Waals surface area contributed by atoms with Gasteiger partial charge >= 0.3 is 0 Å². The van der Waals surface area contributed by atoms with Gasteiger partial charge in [0.05, 0.1) is 25.1 Å². The summed E-state index contributed by atoms with van der Waals surface area (Å²) in [6, 6.07) is 0. The molecule has 2 aromatic heterocycles. The molecule has 1 saturated carbocycles. The molecule has 1 aliphatic heterocycles. The molecule has 154 valence electrons. The Morgan fingerprint density at radius 1 is 1.14 bits per heavy atom. The summed E-state index contributed by atoms with van der Waals surface area (Å²) in [6.07, 6.45) is 5.14. The molecule has 1 aliphatic carbocycles. The Bertz CT molecular complexity index is 822. The maximum absolute atomic E-state index is 5.48. The van der Waals surface area contributed by atoms with E-state index in [1.165, 1.54) is 41.5 Å². The predicted octanol–water partition coefficient (Wildman–Crippen LogP) is 3.43. The van der Waals surface area contributed by atoms with Crippen molar-refractivity contribution in [1.29, 1.82) is 0 Å². The maximum Gasteiger partial charge on any atom is 0.146 e. The van der Waals surface area contributed by atoms with Crippen molar-refractivity contribution in [1.82, 2.24) is 19.8 Å². The second-order valence-corrected chi connectivity index (χ2v) is 9.72. The van der Waals surface area contributed by atoms with Gasteiger partial charge < -0.3 is 15.0 Å². The van der Waals surface area contributed by atoms with Gasteiger partial charge in [0, 0.05) is 30.1 Å². The highest BCUT2D eigenvalue weighted by Crippen LogP contribution is 2.36.